The molecule has 152 valence electrons. The van der Waals surface area contributed by atoms with Gasteiger partial charge in [0, 0.05) is 18.0 Å². The quantitative estimate of drug-likeness (QED) is 0.364. The van der Waals surface area contributed by atoms with Crippen molar-refractivity contribution in [2.24, 2.45) is 0 Å². The van der Waals surface area contributed by atoms with Crippen LogP contribution in [0.2, 0.25) is 0 Å². The van der Waals surface area contributed by atoms with Gasteiger partial charge < -0.3 is 5.32 Å². The lowest BCUT2D eigenvalue weighted by atomic mass is 10.2. The van der Waals surface area contributed by atoms with Crippen LogP contribution in [-0.4, -0.2) is 36.4 Å². The maximum atomic E-state index is 13.2. The fraction of sp³-hybridized carbons (Fsp3) is 0.150. The summed E-state index contributed by atoms with van der Waals surface area (Å²) in [5.41, 5.74) is 1.60. The monoisotopic (exact) mass is 424 g/mol. The van der Waals surface area contributed by atoms with Crippen molar-refractivity contribution in [3.8, 4) is 0 Å². The lowest BCUT2D eigenvalue weighted by Crippen LogP contribution is -2.25. The minimum absolute atomic E-state index is 0.0279. The number of aryl methyl sites for hydroxylation is 1. The van der Waals surface area contributed by atoms with Crippen molar-refractivity contribution in [2.75, 3.05) is 11.1 Å². The fourth-order valence-electron chi connectivity index (χ4n) is 2.85. The number of benzene rings is 1. The summed E-state index contributed by atoms with van der Waals surface area (Å²) in [7, 11) is 0. The van der Waals surface area contributed by atoms with Crippen molar-refractivity contribution >= 4 is 34.5 Å². The van der Waals surface area contributed by atoms with Gasteiger partial charge in [-0.3, -0.25) is 19.3 Å². The average molecular weight is 424 g/mol. The van der Waals surface area contributed by atoms with Gasteiger partial charge in [-0.2, -0.15) is 5.10 Å². The molecular weight excluding hydrogens is 407 g/mol. The topological polar surface area (TPSA) is 106 Å². The molecule has 10 heteroatoms. The van der Waals surface area contributed by atoms with Gasteiger partial charge in [0.1, 0.15) is 5.82 Å². The number of fused-ring (bicyclic) bond motifs is 1. The zero-order valence-electron chi connectivity index (χ0n) is 15.9. The number of halogens is 1. The zero-order chi connectivity index (χ0) is 21.1. The Morgan fingerprint density at radius 3 is 2.80 bits per heavy atom. The van der Waals surface area contributed by atoms with E-state index in [1.807, 2.05) is 6.92 Å². The number of nitrogens with one attached hydrogen (secondary N) is 2. The van der Waals surface area contributed by atoms with Gasteiger partial charge >= 0.3 is 0 Å². The first kappa shape index (κ1) is 19.8. The number of hydrogen-bond acceptors (Lipinski definition) is 6. The molecule has 4 aromatic rings. The third kappa shape index (κ3) is 4.38. The van der Waals surface area contributed by atoms with Crippen LogP contribution in [0, 0.1) is 12.7 Å². The van der Waals surface area contributed by atoms with Crippen LogP contribution in [0.5, 0.6) is 0 Å². The van der Waals surface area contributed by atoms with Crippen molar-refractivity contribution in [3.05, 3.63) is 76.1 Å². The molecule has 0 saturated heterocycles. The fourth-order valence-corrected chi connectivity index (χ4v) is 3.64. The van der Waals surface area contributed by atoms with E-state index >= 15 is 0 Å². The summed E-state index contributed by atoms with van der Waals surface area (Å²) < 4.78 is 14.7. The Bertz CT molecular complexity index is 1270. The molecular formula is C20H17FN6O2S. The highest BCUT2D eigenvalue weighted by Gasteiger charge is 2.15. The van der Waals surface area contributed by atoms with Crippen molar-refractivity contribution in [1.29, 1.82) is 0 Å². The minimum Gasteiger partial charge on any atom is -0.308 e. The number of carbonyl (C=O) groups is 1. The van der Waals surface area contributed by atoms with Crippen molar-refractivity contribution in [2.45, 2.75) is 18.6 Å². The molecule has 8 nitrogen and oxygen atoms in total. The standard InChI is InChI=1S/C20H17FN6O2S/c1-12-9-16(26-25-12)23-17(28)11-30-20-24-18-15(3-2-8-22-18)19(29)27(20)10-13-4-6-14(21)7-5-13/h2-9H,10-11H2,1H3,(H2,23,25,26,28). The van der Waals surface area contributed by atoms with Crippen molar-refractivity contribution < 1.29 is 9.18 Å². The van der Waals surface area contributed by atoms with Crippen LogP contribution in [0.4, 0.5) is 10.2 Å². The maximum Gasteiger partial charge on any atom is 0.263 e. The lowest BCUT2D eigenvalue weighted by Gasteiger charge is -2.13. The van der Waals surface area contributed by atoms with Gasteiger partial charge in [-0.15, -0.1) is 0 Å². The van der Waals surface area contributed by atoms with Gasteiger partial charge in [0.25, 0.3) is 5.56 Å². The number of thioether (sulfide) groups is 1. The van der Waals surface area contributed by atoms with Crippen molar-refractivity contribution in [1.82, 2.24) is 24.7 Å². The highest BCUT2D eigenvalue weighted by atomic mass is 32.2. The first-order chi connectivity index (χ1) is 14.5. The highest BCUT2D eigenvalue weighted by molar-refractivity contribution is 7.99. The summed E-state index contributed by atoms with van der Waals surface area (Å²) in [6.07, 6.45) is 1.56. The van der Waals surface area contributed by atoms with Crippen LogP contribution in [0.15, 0.2) is 58.6 Å². The maximum absolute atomic E-state index is 13.2. The van der Waals surface area contributed by atoms with E-state index in [-0.39, 0.29) is 29.6 Å². The number of hydrogen-bond donors (Lipinski definition) is 2. The number of carbonyl (C=O) groups excluding carboxylic acids is 1. The molecule has 0 spiro atoms. The van der Waals surface area contributed by atoms with Gasteiger partial charge in [0.2, 0.25) is 5.91 Å². The van der Waals surface area contributed by atoms with Gasteiger partial charge in [-0.1, -0.05) is 23.9 Å². The molecule has 2 N–H and O–H groups in total. The molecule has 3 aromatic heterocycles. The van der Waals surface area contributed by atoms with E-state index in [0.29, 0.717) is 22.0 Å². The Morgan fingerprint density at radius 2 is 2.07 bits per heavy atom. The summed E-state index contributed by atoms with van der Waals surface area (Å²) in [6.45, 7) is 2.02. The molecule has 1 aromatic carbocycles. The van der Waals surface area contributed by atoms with Crippen LogP contribution in [-0.2, 0) is 11.3 Å². The SMILES string of the molecule is Cc1cc(NC(=O)CSc2nc3ncccc3c(=O)n2Cc2ccc(F)cc2)n[nH]1. The molecule has 0 aliphatic carbocycles. The average Bonchev–Trinajstić information content (AvgIpc) is 3.15. The first-order valence-corrected chi connectivity index (χ1v) is 10.0. The second-order valence-corrected chi connectivity index (χ2v) is 7.50. The molecule has 3 heterocycles. The van der Waals surface area contributed by atoms with E-state index in [4.69, 9.17) is 0 Å². The normalized spacial score (nSPS) is 11.0. The second-order valence-electron chi connectivity index (χ2n) is 6.56. The first-order valence-electron chi connectivity index (χ1n) is 9.04. The zero-order valence-corrected chi connectivity index (χ0v) is 16.7. The third-order valence-corrected chi connectivity index (χ3v) is 5.23. The van der Waals surface area contributed by atoms with E-state index < -0.39 is 0 Å². The molecule has 0 unspecified atom stereocenters. The van der Waals surface area contributed by atoms with Crippen LogP contribution in [0.1, 0.15) is 11.3 Å². The summed E-state index contributed by atoms with van der Waals surface area (Å²) in [5.74, 6) is -0.183. The second kappa shape index (κ2) is 8.46. The lowest BCUT2D eigenvalue weighted by molar-refractivity contribution is -0.113. The van der Waals surface area contributed by atoms with E-state index in [9.17, 15) is 14.0 Å². The van der Waals surface area contributed by atoms with E-state index in [0.717, 1.165) is 23.0 Å². The molecule has 0 aliphatic heterocycles. The number of H-pyrrole nitrogens is 1. The molecule has 1 amide bonds. The molecule has 30 heavy (non-hydrogen) atoms. The Labute approximate surface area is 174 Å². The summed E-state index contributed by atoms with van der Waals surface area (Å²) in [5, 5.41) is 10.1. The van der Waals surface area contributed by atoms with Gasteiger partial charge in [-0.25, -0.2) is 14.4 Å². The Morgan fingerprint density at radius 1 is 1.27 bits per heavy atom. The van der Waals surface area contributed by atoms with Crippen LogP contribution < -0.4 is 10.9 Å². The van der Waals surface area contributed by atoms with Crippen LogP contribution in [0.25, 0.3) is 11.0 Å². The highest BCUT2D eigenvalue weighted by Crippen LogP contribution is 2.19. The number of amides is 1. The van der Waals surface area contributed by atoms with Gasteiger partial charge in [0.15, 0.2) is 16.6 Å². The number of aromatic nitrogens is 5. The number of anilines is 1. The van der Waals surface area contributed by atoms with E-state index in [1.165, 1.54) is 16.7 Å². The molecule has 0 aliphatic rings. The Balaban J connectivity index is 1.62. The summed E-state index contributed by atoms with van der Waals surface area (Å²) >= 11 is 1.12. The molecule has 0 bridgehead atoms. The number of aromatic amines is 1. The Hall–Kier alpha value is -3.53. The van der Waals surface area contributed by atoms with Crippen LogP contribution >= 0.6 is 11.8 Å². The molecule has 4 rings (SSSR count). The number of nitrogens with zero attached hydrogens (tertiary/aromatic N) is 4. The Kier molecular flexibility index (Phi) is 5.57. The predicted octanol–water partition coefficient (Wildman–Crippen LogP) is 2.74. The van der Waals surface area contributed by atoms with Gasteiger partial charge in [-0.05, 0) is 36.8 Å². The third-order valence-electron chi connectivity index (χ3n) is 4.25. The molecule has 0 atom stereocenters. The summed E-state index contributed by atoms with van der Waals surface area (Å²) in [4.78, 5) is 34.0. The smallest absolute Gasteiger partial charge is 0.263 e. The van der Waals surface area contributed by atoms with Crippen LogP contribution in [0.3, 0.4) is 0 Å². The number of pyridine rings is 1. The minimum atomic E-state index is -0.355. The number of rotatable bonds is 6. The van der Waals surface area contributed by atoms with E-state index in [2.05, 4.69) is 25.5 Å². The van der Waals surface area contributed by atoms with E-state index in [1.54, 1.807) is 36.5 Å². The summed E-state index contributed by atoms with van der Waals surface area (Å²) in [6, 6.07) is 10.9. The largest absolute Gasteiger partial charge is 0.308 e. The molecule has 0 saturated carbocycles. The molecule has 0 radical (unpaired) electrons. The predicted molar refractivity (Wildman–Crippen MR) is 112 cm³/mol. The van der Waals surface area contributed by atoms with Gasteiger partial charge in [0.05, 0.1) is 17.7 Å². The van der Waals surface area contributed by atoms with Crippen molar-refractivity contribution in [3.63, 3.8) is 0 Å². The molecule has 0 fully saturated rings.